The fourth-order valence-electron chi connectivity index (χ4n) is 2.17. The van der Waals surface area contributed by atoms with Crippen LogP contribution in [-0.4, -0.2) is 38.6 Å². The van der Waals surface area contributed by atoms with Crippen molar-refractivity contribution in [2.24, 2.45) is 5.10 Å². The number of carbonyl (C=O) groups is 1. The van der Waals surface area contributed by atoms with E-state index in [2.05, 4.69) is 10.5 Å². The van der Waals surface area contributed by atoms with Crippen LogP contribution in [0.25, 0.3) is 0 Å². The Hall–Kier alpha value is -3.22. The zero-order valence-corrected chi connectivity index (χ0v) is 14.3. The number of rotatable bonds is 7. The van der Waals surface area contributed by atoms with Crippen molar-refractivity contribution in [1.82, 2.24) is 5.43 Å². The second kappa shape index (κ2) is 8.58. The number of phenols is 1. The molecule has 0 bridgehead atoms. The van der Waals surface area contributed by atoms with Crippen LogP contribution in [0.5, 0.6) is 23.0 Å². The van der Waals surface area contributed by atoms with Gasteiger partial charge in [-0.3, -0.25) is 4.79 Å². The molecule has 25 heavy (non-hydrogen) atoms. The fourth-order valence-corrected chi connectivity index (χ4v) is 2.17. The van der Waals surface area contributed by atoms with Crippen LogP contribution in [-0.2, 0) is 11.2 Å². The molecule has 0 radical (unpaired) electrons. The summed E-state index contributed by atoms with van der Waals surface area (Å²) < 4.78 is 15.4. The van der Waals surface area contributed by atoms with Gasteiger partial charge in [-0.1, -0.05) is 6.07 Å². The van der Waals surface area contributed by atoms with Crippen molar-refractivity contribution in [3.05, 3.63) is 47.5 Å². The molecule has 0 spiro atoms. The molecular weight excluding hydrogens is 324 g/mol. The van der Waals surface area contributed by atoms with Crippen LogP contribution in [0.15, 0.2) is 41.5 Å². The van der Waals surface area contributed by atoms with Crippen LogP contribution in [0.3, 0.4) is 0 Å². The van der Waals surface area contributed by atoms with Crippen LogP contribution in [0.1, 0.15) is 11.1 Å². The molecule has 0 saturated carbocycles. The number of methoxy groups -OCH3 is 3. The van der Waals surface area contributed by atoms with Gasteiger partial charge < -0.3 is 19.3 Å². The van der Waals surface area contributed by atoms with Gasteiger partial charge in [0.25, 0.3) is 0 Å². The number of aromatic hydroxyl groups is 1. The second-order valence-electron chi connectivity index (χ2n) is 5.09. The number of amides is 1. The SMILES string of the molecule is COc1cc(/C=N/NC(=O)Cc2ccc(OC)c(OC)c2)ccc1O. The molecule has 132 valence electrons. The molecule has 7 heteroatoms. The summed E-state index contributed by atoms with van der Waals surface area (Å²) >= 11 is 0. The molecule has 7 nitrogen and oxygen atoms in total. The summed E-state index contributed by atoms with van der Waals surface area (Å²) in [5, 5.41) is 13.4. The number of phenolic OH excluding ortho intramolecular Hbond substituents is 1. The molecule has 0 aromatic heterocycles. The summed E-state index contributed by atoms with van der Waals surface area (Å²) in [4.78, 5) is 12.0. The van der Waals surface area contributed by atoms with Gasteiger partial charge in [0.05, 0.1) is 34.0 Å². The number of benzene rings is 2. The van der Waals surface area contributed by atoms with E-state index in [4.69, 9.17) is 14.2 Å². The average molecular weight is 344 g/mol. The van der Waals surface area contributed by atoms with Crippen molar-refractivity contribution in [3.8, 4) is 23.0 Å². The van der Waals surface area contributed by atoms with E-state index in [1.165, 1.54) is 26.5 Å². The Bertz CT molecular complexity index is 774. The van der Waals surface area contributed by atoms with E-state index < -0.39 is 0 Å². The predicted molar refractivity (Wildman–Crippen MR) is 93.6 cm³/mol. The smallest absolute Gasteiger partial charge is 0.244 e. The number of hydrogen-bond acceptors (Lipinski definition) is 6. The molecule has 0 aliphatic rings. The van der Waals surface area contributed by atoms with Gasteiger partial charge in [-0.2, -0.15) is 5.10 Å². The highest BCUT2D eigenvalue weighted by Crippen LogP contribution is 2.27. The molecule has 2 aromatic carbocycles. The predicted octanol–water partition coefficient (Wildman–Crippen LogP) is 2.11. The van der Waals surface area contributed by atoms with Gasteiger partial charge >= 0.3 is 0 Å². The normalized spacial score (nSPS) is 10.5. The summed E-state index contributed by atoms with van der Waals surface area (Å²) in [5.74, 6) is 1.27. The summed E-state index contributed by atoms with van der Waals surface area (Å²) in [5.41, 5.74) is 3.91. The molecule has 2 rings (SSSR count). The van der Waals surface area contributed by atoms with E-state index in [0.29, 0.717) is 22.8 Å². The van der Waals surface area contributed by atoms with Gasteiger partial charge in [0.1, 0.15) is 0 Å². The average Bonchev–Trinajstić information content (AvgIpc) is 2.62. The highest BCUT2D eigenvalue weighted by atomic mass is 16.5. The Labute approximate surface area is 145 Å². The van der Waals surface area contributed by atoms with Gasteiger partial charge in [0.15, 0.2) is 23.0 Å². The highest BCUT2D eigenvalue weighted by molar-refractivity contribution is 5.84. The first-order chi connectivity index (χ1) is 12.1. The molecule has 0 saturated heterocycles. The zero-order chi connectivity index (χ0) is 18.2. The first kappa shape index (κ1) is 18.1. The van der Waals surface area contributed by atoms with Gasteiger partial charge in [-0.15, -0.1) is 0 Å². The van der Waals surface area contributed by atoms with Crippen LogP contribution in [0.2, 0.25) is 0 Å². The van der Waals surface area contributed by atoms with E-state index in [9.17, 15) is 9.90 Å². The minimum Gasteiger partial charge on any atom is -0.504 e. The molecule has 0 aliphatic carbocycles. The standard InChI is InChI=1S/C18H20N2O5/c1-23-15-7-5-12(8-17(15)25-3)10-18(22)20-19-11-13-4-6-14(21)16(9-13)24-2/h4-9,11,21H,10H2,1-3H3,(H,20,22)/b19-11+. The van der Waals surface area contributed by atoms with Gasteiger partial charge in [-0.05, 0) is 41.5 Å². The monoisotopic (exact) mass is 344 g/mol. The third-order valence-electron chi connectivity index (χ3n) is 3.42. The largest absolute Gasteiger partial charge is 0.504 e. The molecule has 0 fully saturated rings. The van der Waals surface area contributed by atoms with Crippen molar-refractivity contribution in [2.45, 2.75) is 6.42 Å². The third-order valence-corrected chi connectivity index (χ3v) is 3.42. The number of ether oxygens (including phenoxy) is 3. The summed E-state index contributed by atoms with van der Waals surface area (Å²) in [6.45, 7) is 0. The molecule has 0 atom stereocenters. The Kier molecular flexibility index (Phi) is 6.22. The van der Waals surface area contributed by atoms with Crippen molar-refractivity contribution < 1.29 is 24.1 Å². The molecule has 0 heterocycles. The molecule has 1 amide bonds. The van der Waals surface area contributed by atoms with Crippen LogP contribution in [0, 0.1) is 0 Å². The van der Waals surface area contributed by atoms with Crippen LogP contribution < -0.4 is 19.6 Å². The lowest BCUT2D eigenvalue weighted by Crippen LogP contribution is -2.19. The topological polar surface area (TPSA) is 89.4 Å². The number of nitrogens with one attached hydrogen (secondary N) is 1. The fraction of sp³-hybridized carbons (Fsp3) is 0.222. The van der Waals surface area contributed by atoms with E-state index in [1.807, 2.05) is 0 Å². The second-order valence-corrected chi connectivity index (χ2v) is 5.09. The van der Waals surface area contributed by atoms with E-state index in [1.54, 1.807) is 37.4 Å². The minimum atomic E-state index is -0.269. The lowest BCUT2D eigenvalue weighted by Gasteiger charge is -2.09. The molecule has 2 N–H and O–H groups in total. The van der Waals surface area contributed by atoms with Gasteiger partial charge in [0.2, 0.25) is 5.91 Å². The van der Waals surface area contributed by atoms with Crippen LogP contribution in [0.4, 0.5) is 0 Å². The van der Waals surface area contributed by atoms with Crippen molar-refractivity contribution in [2.75, 3.05) is 21.3 Å². The lowest BCUT2D eigenvalue weighted by atomic mass is 10.1. The van der Waals surface area contributed by atoms with Crippen molar-refractivity contribution in [1.29, 1.82) is 0 Å². The van der Waals surface area contributed by atoms with Gasteiger partial charge in [-0.25, -0.2) is 5.43 Å². The lowest BCUT2D eigenvalue weighted by molar-refractivity contribution is -0.120. The number of carbonyl (C=O) groups excluding carboxylic acids is 1. The zero-order valence-electron chi connectivity index (χ0n) is 14.3. The van der Waals surface area contributed by atoms with Crippen molar-refractivity contribution in [3.63, 3.8) is 0 Å². The van der Waals surface area contributed by atoms with E-state index >= 15 is 0 Å². The van der Waals surface area contributed by atoms with E-state index in [-0.39, 0.29) is 18.1 Å². The maximum atomic E-state index is 12.0. The molecule has 2 aromatic rings. The van der Waals surface area contributed by atoms with Gasteiger partial charge in [0, 0.05) is 0 Å². The maximum absolute atomic E-state index is 12.0. The van der Waals surface area contributed by atoms with E-state index in [0.717, 1.165) is 5.56 Å². The summed E-state index contributed by atoms with van der Waals surface area (Å²) in [6, 6.07) is 10.0. The Balaban J connectivity index is 1.96. The Morgan fingerprint density at radius 2 is 1.76 bits per heavy atom. The minimum absolute atomic E-state index is 0.0390. The Morgan fingerprint density at radius 3 is 2.44 bits per heavy atom. The number of hydrazone groups is 1. The first-order valence-electron chi connectivity index (χ1n) is 7.47. The van der Waals surface area contributed by atoms with Crippen molar-refractivity contribution >= 4 is 12.1 Å². The quantitative estimate of drug-likeness (QED) is 0.593. The highest BCUT2D eigenvalue weighted by Gasteiger charge is 2.08. The Morgan fingerprint density at radius 1 is 1.04 bits per heavy atom. The summed E-state index contributed by atoms with van der Waals surface area (Å²) in [7, 11) is 4.55. The maximum Gasteiger partial charge on any atom is 0.244 e. The molecule has 0 aliphatic heterocycles. The summed E-state index contributed by atoms with van der Waals surface area (Å²) in [6.07, 6.45) is 1.62. The number of hydrogen-bond donors (Lipinski definition) is 2. The molecule has 0 unspecified atom stereocenters. The number of nitrogens with zero attached hydrogens (tertiary/aromatic N) is 1. The van der Waals surface area contributed by atoms with Crippen LogP contribution >= 0.6 is 0 Å². The molecular formula is C18H20N2O5. The third kappa shape index (κ3) is 4.87. The first-order valence-corrected chi connectivity index (χ1v) is 7.47.